The third kappa shape index (κ3) is 6.16. The van der Waals surface area contributed by atoms with Gasteiger partial charge in [0.15, 0.2) is 0 Å². The van der Waals surface area contributed by atoms with E-state index < -0.39 is 0 Å². The van der Waals surface area contributed by atoms with Crippen LogP contribution in [-0.4, -0.2) is 25.7 Å². The number of carbonyl (C=O) groups is 1. The van der Waals surface area contributed by atoms with Crippen molar-refractivity contribution in [2.75, 3.05) is 13.7 Å². The Hall–Kier alpha value is -0.570. The van der Waals surface area contributed by atoms with Crippen molar-refractivity contribution < 1.29 is 9.53 Å². The summed E-state index contributed by atoms with van der Waals surface area (Å²) in [5, 5.41) is 2.78. The minimum absolute atomic E-state index is 0.0342. The summed E-state index contributed by atoms with van der Waals surface area (Å²) >= 11 is 0. The van der Waals surface area contributed by atoms with Gasteiger partial charge in [0.05, 0.1) is 6.10 Å². The zero-order valence-corrected chi connectivity index (χ0v) is 8.39. The Kier molecular flexibility index (Phi) is 5.72. The van der Waals surface area contributed by atoms with Crippen LogP contribution < -0.4 is 5.32 Å². The topological polar surface area (TPSA) is 38.3 Å². The maximum atomic E-state index is 10.6. The standard InChI is InChI=1S/C9H19NO2/c1-7(5-8(2)12-4)6-10-9(3)11/h7-8H,5-6H2,1-4H3,(H,10,11). The number of amides is 1. The van der Waals surface area contributed by atoms with Crippen LogP contribution in [0.5, 0.6) is 0 Å². The van der Waals surface area contributed by atoms with E-state index in [-0.39, 0.29) is 12.0 Å². The molecule has 0 aliphatic heterocycles. The summed E-state index contributed by atoms with van der Waals surface area (Å²) in [6.07, 6.45) is 1.25. The SMILES string of the molecule is COC(C)CC(C)CNC(C)=O. The molecule has 1 amide bonds. The zero-order valence-electron chi connectivity index (χ0n) is 8.39. The Bertz CT molecular complexity index is 136. The Labute approximate surface area is 74.5 Å². The van der Waals surface area contributed by atoms with Crippen molar-refractivity contribution in [1.82, 2.24) is 5.32 Å². The smallest absolute Gasteiger partial charge is 0.216 e. The van der Waals surface area contributed by atoms with E-state index in [9.17, 15) is 4.79 Å². The Balaban J connectivity index is 3.45. The Morgan fingerprint density at radius 1 is 1.50 bits per heavy atom. The molecule has 0 fully saturated rings. The number of rotatable bonds is 5. The molecule has 0 aromatic rings. The van der Waals surface area contributed by atoms with E-state index in [1.54, 1.807) is 7.11 Å². The van der Waals surface area contributed by atoms with E-state index in [0.29, 0.717) is 5.92 Å². The molecule has 0 spiro atoms. The van der Waals surface area contributed by atoms with Crippen LogP contribution in [0.4, 0.5) is 0 Å². The quantitative estimate of drug-likeness (QED) is 0.678. The first-order valence-corrected chi connectivity index (χ1v) is 4.33. The van der Waals surface area contributed by atoms with Gasteiger partial charge in [-0.25, -0.2) is 0 Å². The lowest BCUT2D eigenvalue weighted by atomic mass is 10.0. The molecule has 2 atom stereocenters. The van der Waals surface area contributed by atoms with Crippen LogP contribution in [0.3, 0.4) is 0 Å². The fourth-order valence-electron chi connectivity index (χ4n) is 1.06. The molecule has 0 saturated carbocycles. The van der Waals surface area contributed by atoms with Crippen LogP contribution in [0.15, 0.2) is 0 Å². The van der Waals surface area contributed by atoms with Gasteiger partial charge in [-0.3, -0.25) is 4.79 Å². The first kappa shape index (κ1) is 11.4. The van der Waals surface area contributed by atoms with Gasteiger partial charge in [0.1, 0.15) is 0 Å². The van der Waals surface area contributed by atoms with Crippen molar-refractivity contribution in [3.05, 3.63) is 0 Å². The number of nitrogens with one attached hydrogen (secondary N) is 1. The average Bonchev–Trinajstić information content (AvgIpc) is 2.00. The van der Waals surface area contributed by atoms with E-state index in [2.05, 4.69) is 12.2 Å². The van der Waals surface area contributed by atoms with Crippen molar-refractivity contribution in [3.63, 3.8) is 0 Å². The van der Waals surface area contributed by atoms with Crippen molar-refractivity contribution >= 4 is 5.91 Å². The van der Waals surface area contributed by atoms with Gasteiger partial charge in [0.25, 0.3) is 0 Å². The fraction of sp³-hybridized carbons (Fsp3) is 0.889. The maximum absolute atomic E-state index is 10.6. The number of ether oxygens (including phenoxy) is 1. The highest BCUT2D eigenvalue weighted by atomic mass is 16.5. The van der Waals surface area contributed by atoms with Gasteiger partial charge in [0.2, 0.25) is 5.91 Å². The average molecular weight is 173 g/mol. The maximum Gasteiger partial charge on any atom is 0.216 e. The predicted octanol–water partition coefficient (Wildman–Crippen LogP) is 1.18. The van der Waals surface area contributed by atoms with Gasteiger partial charge in [-0.05, 0) is 19.3 Å². The van der Waals surface area contributed by atoms with Gasteiger partial charge in [-0.15, -0.1) is 0 Å². The molecule has 0 rings (SSSR count). The van der Waals surface area contributed by atoms with E-state index in [1.165, 1.54) is 6.92 Å². The first-order valence-electron chi connectivity index (χ1n) is 4.33. The molecule has 12 heavy (non-hydrogen) atoms. The third-order valence-electron chi connectivity index (χ3n) is 1.84. The highest BCUT2D eigenvalue weighted by molar-refractivity contribution is 5.72. The second-order valence-electron chi connectivity index (χ2n) is 3.32. The van der Waals surface area contributed by atoms with Crippen LogP contribution in [0.1, 0.15) is 27.2 Å². The summed E-state index contributed by atoms with van der Waals surface area (Å²) in [4.78, 5) is 10.6. The first-order chi connectivity index (χ1) is 5.56. The van der Waals surface area contributed by atoms with E-state index in [1.807, 2.05) is 6.92 Å². The summed E-state index contributed by atoms with van der Waals surface area (Å²) in [6.45, 7) is 6.41. The predicted molar refractivity (Wildman–Crippen MR) is 48.9 cm³/mol. The molecule has 0 radical (unpaired) electrons. The molecule has 0 aliphatic carbocycles. The van der Waals surface area contributed by atoms with Crippen LogP contribution in [0.25, 0.3) is 0 Å². The van der Waals surface area contributed by atoms with Gasteiger partial charge in [-0.1, -0.05) is 6.92 Å². The number of methoxy groups -OCH3 is 1. The zero-order chi connectivity index (χ0) is 9.56. The molecule has 2 unspecified atom stereocenters. The third-order valence-corrected chi connectivity index (χ3v) is 1.84. The lowest BCUT2D eigenvalue weighted by Gasteiger charge is -2.15. The summed E-state index contributed by atoms with van der Waals surface area (Å²) in [5.74, 6) is 0.510. The van der Waals surface area contributed by atoms with Crippen molar-refractivity contribution in [2.24, 2.45) is 5.92 Å². The van der Waals surface area contributed by atoms with Crippen molar-refractivity contribution in [1.29, 1.82) is 0 Å². The van der Waals surface area contributed by atoms with Gasteiger partial charge in [-0.2, -0.15) is 0 Å². The van der Waals surface area contributed by atoms with Crippen molar-refractivity contribution in [2.45, 2.75) is 33.3 Å². The Morgan fingerprint density at radius 2 is 2.08 bits per heavy atom. The van der Waals surface area contributed by atoms with Gasteiger partial charge in [0, 0.05) is 20.6 Å². The van der Waals surface area contributed by atoms with Crippen LogP contribution in [0.2, 0.25) is 0 Å². The molecular formula is C9H19NO2. The van der Waals surface area contributed by atoms with E-state index in [0.717, 1.165) is 13.0 Å². The number of hydrogen-bond acceptors (Lipinski definition) is 2. The van der Waals surface area contributed by atoms with Gasteiger partial charge >= 0.3 is 0 Å². The molecule has 3 nitrogen and oxygen atoms in total. The minimum Gasteiger partial charge on any atom is -0.382 e. The minimum atomic E-state index is 0.0342. The summed E-state index contributed by atoms with van der Waals surface area (Å²) < 4.78 is 5.11. The molecule has 0 aliphatic rings. The highest BCUT2D eigenvalue weighted by Gasteiger charge is 2.07. The molecule has 0 aromatic heterocycles. The van der Waals surface area contributed by atoms with Crippen LogP contribution >= 0.6 is 0 Å². The molecule has 0 heterocycles. The normalized spacial score (nSPS) is 15.3. The molecule has 3 heteroatoms. The number of carbonyl (C=O) groups excluding carboxylic acids is 1. The lowest BCUT2D eigenvalue weighted by Crippen LogP contribution is -2.27. The monoisotopic (exact) mass is 173 g/mol. The molecule has 0 aromatic carbocycles. The molecule has 1 N–H and O–H groups in total. The van der Waals surface area contributed by atoms with Crippen LogP contribution in [-0.2, 0) is 9.53 Å². The van der Waals surface area contributed by atoms with Crippen LogP contribution in [0, 0.1) is 5.92 Å². The lowest BCUT2D eigenvalue weighted by molar-refractivity contribution is -0.119. The largest absolute Gasteiger partial charge is 0.382 e. The van der Waals surface area contributed by atoms with Crippen molar-refractivity contribution in [3.8, 4) is 0 Å². The molecule has 72 valence electrons. The summed E-state index contributed by atoms with van der Waals surface area (Å²) in [7, 11) is 1.70. The highest BCUT2D eigenvalue weighted by Crippen LogP contribution is 2.06. The number of hydrogen-bond donors (Lipinski definition) is 1. The van der Waals surface area contributed by atoms with E-state index in [4.69, 9.17) is 4.74 Å². The fourth-order valence-corrected chi connectivity index (χ4v) is 1.06. The second-order valence-corrected chi connectivity index (χ2v) is 3.32. The molecule has 0 bridgehead atoms. The van der Waals surface area contributed by atoms with Gasteiger partial charge < -0.3 is 10.1 Å². The molecular weight excluding hydrogens is 154 g/mol. The summed E-state index contributed by atoms with van der Waals surface area (Å²) in [5.41, 5.74) is 0. The molecule has 0 saturated heterocycles. The Morgan fingerprint density at radius 3 is 2.50 bits per heavy atom. The van der Waals surface area contributed by atoms with E-state index >= 15 is 0 Å². The summed E-state index contributed by atoms with van der Waals surface area (Å²) in [6, 6.07) is 0. The second kappa shape index (κ2) is 6.00.